The van der Waals surface area contributed by atoms with Crippen molar-refractivity contribution >= 4 is 0 Å². The number of hydrogen-bond donors (Lipinski definition) is 2. The van der Waals surface area contributed by atoms with E-state index in [1.165, 1.54) is 5.56 Å². The van der Waals surface area contributed by atoms with Gasteiger partial charge in [0.25, 0.3) is 0 Å². The molecular weight excluding hydrogens is 188 g/mol. The lowest BCUT2D eigenvalue weighted by atomic mass is 9.94. The second-order valence-electron chi connectivity index (χ2n) is 4.21. The fraction of sp³-hybridized carbons (Fsp3) is 0.538. The van der Waals surface area contributed by atoms with Crippen LogP contribution in [-0.2, 0) is 0 Å². The van der Waals surface area contributed by atoms with Crippen molar-refractivity contribution in [2.45, 2.75) is 46.3 Å². The summed E-state index contributed by atoms with van der Waals surface area (Å²) in [7, 11) is 0. The van der Waals surface area contributed by atoms with E-state index in [9.17, 15) is 10.2 Å². The summed E-state index contributed by atoms with van der Waals surface area (Å²) in [6.45, 7) is 7.90. The summed E-state index contributed by atoms with van der Waals surface area (Å²) in [5, 5.41) is 19.5. The van der Waals surface area contributed by atoms with Crippen LogP contribution in [-0.4, -0.2) is 16.3 Å². The van der Waals surface area contributed by atoms with Gasteiger partial charge in [0, 0.05) is 0 Å². The first kappa shape index (κ1) is 12.2. The van der Waals surface area contributed by atoms with E-state index < -0.39 is 12.2 Å². The van der Waals surface area contributed by atoms with Gasteiger partial charge in [-0.25, -0.2) is 0 Å². The first-order valence-electron chi connectivity index (χ1n) is 5.41. The molecule has 1 aromatic rings. The number of benzene rings is 1. The first-order valence-corrected chi connectivity index (χ1v) is 5.41. The molecule has 0 radical (unpaired) electrons. The maximum Gasteiger partial charge on any atom is 0.105 e. The molecule has 0 amide bonds. The van der Waals surface area contributed by atoms with Gasteiger partial charge in [-0.1, -0.05) is 19.1 Å². The van der Waals surface area contributed by atoms with E-state index in [2.05, 4.69) is 13.0 Å². The van der Waals surface area contributed by atoms with E-state index >= 15 is 0 Å². The Kier molecular flexibility index (Phi) is 3.89. The summed E-state index contributed by atoms with van der Waals surface area (Å²) < 4.78 is 0. The molecule has 0 aromatic heterocycles. The van der Waals surface area contributed by atoms with Crippen LogP contribution in [0.25, 0.3) is 0 Å². The zero-order valence-corrected chi connectivity index (χ0v) is 9.91. The van der Waals surface area contributed by atoms with Gasteiger partial charge in [0.2, 0.25) is 0 Å². The van der Waals surface area contributed by atoms with E-state index in [0.29, 0.717) is 6.42 Å². The van der Waals surface area contributed by atoms with Gasteiger partial charge in [-0.15, -0.1) is 0 Å². The van der Waals surface area contributed by atoms with Crippen molar-refractivity contribution in [3.8, 4) is 0 Å². The molecular formula is C13H20O2. The van der Waals surface area contributed by atoms with Gasteiger partial charge in [0.1, 0.15) is 6.10 Å². The Balaban J connectivity index is 3.09. The van der Waals surface area contributed by atoms with Gasteiger partial charge < -0.3 is 10.2 Å². The minimum atomic E-state index is -0.769. The van der Waals surface area contributed by atoms with Gasteiger partial charge in [-0.3, -0.25) is 0 Å². The maximum atomic E-state index is 9.94. The van der Waals surface area contributed by atoms with Crippen molar-refractivity contribution in [2.24, 2.45) is 0 Å². The Morgan fingerprint density at radius 3 is 2.07 bits per heavy atom. The topological polar surface area (TPSA) is 40.5 Å². The van der Waals surface area contributed by atoms with Crippen LogP contribution in [0.5, 0.6) is 0 Å². The molecule has 2 N–H and O–H groups in total. The number of rotatable bonds is 3. The molecule has 15 heavy (non-hydrogen) atoms. The minimum absolute atomic E-state index is 0.563. The summed E-state index contributed by atoms with van der Waals surface area (Å²) in [6.07, 6.45) is -0.881. The molecule has 0 aliphatic rings. The summed E-state index contributed by atoms with van der Waals surface area (Å²) in [6, 6.07) is 4.02. The molecule has 0 saturated heterocycles. The lowest BCUT2D eigenvalue weighted by Crippen LogP contribution is -2.18. The third-order valence-electron chi connectivity index (χ3n) is 2.98. The van der Waals surface area contributed by atoms with Crippen LogP contribution >= 0.6 is 0 Å². The highest BCUT2D eigenvalue weighted by Gasteiger charge is 2.18. The molecule has 84 valence electrons. The Labute approximate surface area is 91.6 Å². The Morgan fingerprint density at radius 1 is 1.00 bits per heavy atom. The number of aliphatic hydroxyl groups is 2. The first-order chi connectivity index (χ1) is 6.97. The van der Waals surface area contributed by atoms with E-state index in [1.807, 2.05) is 26.8 Å². The average Bonchev–Trinajstić information content (AvgIpc) is 2.21. The standard InChI is InChI=1S/C13H20O2/c1-5-12(14)13(15)11-7-9(3)8(2)6-10(11)4/h6-7,12-15H,5H2,1-4H3. The van der Waals surface area contributed by atoms with Gasteiger partial charge in [-0.2, -0.15) is 0 Å². The van der Waals surface area contributed by atoms with Crippen LogP contribution in [0.4, 0.5) is 0 Å². The zero-order chi connectivity index (χ0) is 11.6. The highest BCUT2D eigenvalue weighted by atomic mass is 16.3. The molecule has 0 spiro atoms. The SMILES string of the molecule is CCC(O)C(O)c1cc(C)c(C)cc1C. The van der Waals surface area contributed by atoms with Crippen LogP contribution in [0.3, 0.4) is 0 Å². The molecule has 0 fully saturated rings. The van der Waals surface area contributed by atoms with Crippen molar-refractivity contribution in [1.29, 1.82) is 0 Å². The molecule has 2 atom stereocenters. The van der Waals surface area contributed by atoms with Gasteiger partial charge >= 0.3 is 0 Å². The highest BCUT2D eigenvalue weighted by molar-refractivity contribution is 5.37. The van der Waals surface area contributed by atoms with Crippen molar-refractivity contribution in [3.63, 3.8) is 0 Å². The van der Waals surface area contributed by atoms with Crippen molar-refractivity contribution in [3.05, 3.63) is 34.4 Å². The average molecular weight is 208 g/mol. The number of hydrogen-bond acceptors (Lipinski definition) is 2. The van der Waals surface area contributed by atoms with E-state index in [0.717, 1.165) is 16.7 Å². The molecule has 2 heteroatoms. The van der Waals surface area contributed by atoms with Crippen LogP contribution in [0, 0.1) is 20.8 Å². The Hall–Kier alpha value is -0.860. The van der Waals surface area contributed by atoms with Crippen molar-refractivity contribution in [2.75, 3.05) is 0 Å². The molecule has 0 bridgehead atoms. The molecule has 0 aliphatic heterocycles. The second-order valence-corrected chi connectivity index (χ2v) is 4.21. The molecule has 0 aliphatic carbocycles. The third-order valence-corrected chi connectivity index (χ3v) is 2.98. The van der Waals surface area contributed by atoms with Crippen LogP contribution in [0.2, 0.25) is 0 Å². The lowest BCUT2D eigenvalue weighted by Gasteiger charge is -2.19. The van der Waals surface area contributed by atoms with Crippen LogP contribution < -0.4 is 0 Å². The summed E-state index contributed by atoms with van der Waals surface area (Å²) in [5.74, 6) is 0. The predicted molar refractivity (Wildman–Crippen MR) is 61.9 cm³/mol. The van der Waals surface area contributed by atoms with Crippen molar-refractivity contribution < 1.29 is 10.2 Å². The summed E-state index contributed by atoms with van der Waals surface area (Å²) >= 11 is 0. The zero-order valence-electron chi connectivity index (χ0n) is 9.91. The summed E-state index contributed by atoms with van der Waals surface area (Å²) in [4.78, 5) is 0. The predicted octanol–water partition coefficient (Wildman–Crippen LogP) is 2.42. The molecule has 0 saturated carbocycles. The van der Waals surface area contributed by atoms with E-state index in [1.54, 1.807) is 0 Å². The monoisotopic (exact) mass is 208 g/mol. The minimum Gasteiger partial charge on any atom is -0.390 e. The smallest absolute Gasteiger partial charge is 0.105 e. The quantitative estimate of drug-likeness (QED) is 0.801. The molecule has 2 nitrogen and oxygen atoms in total. The van der Waals surface area contributed by atoms with Crippen LogP contribution in [0.15, 0.2) is 12.1 Å². The Morgan fingerprint density at radius 2 is 1.53 bits per heavy atom. The summed E-state index contributed by atoms with van der Waals surface area (Å²) in [5.41, 5.74) is 4.25. The fourth-order valence-electron chi connectivity index (χ4n) is 1.73. The van der Waals surface area contributed by atoms with Crippen molar-refractivity contribution in [1.82, 2.24) is 0 Å². The number of aryl methyl sites for hydroxylation is 3. The molecule has 1 aromatic carbocycles. The lowest BCUT2D eigenvalue weighted by molar-refractivity contribution is 0.0161. The largest absolute Gasteiger partial charge is 0.390 e. The third kappa shape index (κ3) is 2.58. The second kappa shape index (κ2) is 4.77. The van der Waals surface area contributed by atoms with Gasteiger partial charge in [0.15, 0.2) is 0 Å². The van der Waals surface area contributed by atoms with E-state index in [4.69, 9.17) is 0 Å². The Bertz CT molecular complexity index is 345. The maximum absolute atomic E-state index is 9.94. The normalized spacial score (nSPS) is 15.1. The number of aliphatic hydroxyl groups excluding tert-OH is 2. The molecule has 0 heterocycles. The van der Waals surface area contributed by atoms with Gasteiger partial charge in [-0.05, 0) is 49.4 Å². The molecule has 2 unspecified atom stereocenters. The molecule has 1 rings (SSSR count). The van der Waals surface area contributed by atoms with E-state index in [-0.39, 0.29) is 0 Å². The fourth-order valence-corrected chi connectivity index (χ4v) is 1.73. The van der Waals surface area contributed by atoms with Crippen LogP contribution in [0.1, 0.15) is 41.7 Å². The van der Waals surface area contributed by atoms with Gasteiger partial charge in [0.05, 0.1) is 6.10 Å². The highest BCUT2D eigenvalue weighted by Crippen LogP contribution is 2.25.